The summed E-state index contributed by atoms with van der Waals surface area (Å²) in [7, 11) is 2.85. The molecule has 0 aliphatic carbocycles. The number of methoxy groups -OCH3 is 1. The molecule has 0 radical (unpaired) electrons. The van der Waals surface area contributed by atoms with Gasteiger partial charge in [-0.3, -0.25) is 28.6 Å². The van der Waals surface area contributed by atoms with Gasteiger partial charge in [0.25, 0.3) is 5.56 Å². The lowest BCUT2D eigenvalue weighted by molar-refractivity contribution is -0.142. The fourth-order valence-electron chi connectivity index (χ4n) is 3.81. The van der Waals surface area contributed by atoms with Crippen LogP contribution in [0, 0.1) is 5.82 Å². The highest BCUT2D eigenvalue weighted by molar-refractivity contribution is 6.31. The lowest BCUT2D eigenvalue weighted by Gasteiger charge is -2.34. The summed E-state index contributed by atoms with van der Waals surface area (Å²) in [4.78, 5) is 47.1. The minimum atomic E-state index is -0.612. The van der Waals surface area contributed by atoms with Gasteiger partial charge >= 0.3 is 11.7 Å². The number of aromatic amines is 1. The molecule has 12 heteroatoms. The van der Waals surface area contributed by atoms with Crippen molar-refractivity contribution < 1.29 is 13.9 Å². The number of nitrogens with one attached hydrogen (secondary N) is 1. The molecular weight excluding hydrogens is 443 g/mol. The van der Waals surface area contributed by atoms with Gasteiger partial charge in [-0.15, -0.1) is 0 Å². The number of anilines is 1. The van der Waals surface area contributed by atoms with Crippen LogP contribution >= 0.6 is 11.6 Å². The average molecular weight is 465 g/mol. The van der Waals surface area contributed by atoms with Crippen LogP contribution in [0.5, 0.6) is 0 Å². The van der Waals surface area contributed by atoms with Gasteiger partial charge in [-0.05, 0) is 12.1 Å². The molecule has 32 heavy (non-hydrogen) atoms. The van der Waals surface area contributed by atoms with Gasteiger partial charge in [-0.2, -0.15) is 4.98 Å². The maximum atomic E-state index is 14.5. The van der Waals surface area contributed by atoms with Gasteiger partial charge in [0.05, 0.1) is 20.2 Å². The van der Waals surface area contributed by atoms with Crippen molar-refractivity contribution in [3.05, 3.63) is 55.4 Å². The van der Waals surface area contributed by atoms with E-state index in [1.807, 2.05) is 9.80 Å². The number of esters is 1. The van der Waals surface area contributed by atoms with Crippen molar-refractivity contribution in [2.45, 2.75) is 6.54 Å². The SMILES string of the molecule is COC(=O)CN1CCN(c2nc3c(c(=O)[nH]c(=O)n3C)n2Cc2c(F)cccc2Cl)CC1. The van der Waals surface area contributed by atoms with Crippen molar-refractivity contribution in [3.8, 4) is 0 Å². The molecular formula is C20H22ClFN6O4. The van der Waals surface area contributed by atoms with E-state index in [1.54, 1.807) is 10.6 Å². The first-order valence-electron chi connectivity index (χ1n) is 9.96. The molecule has 1 aromatic carbocycles. The Labute approximate surface area is 186 Å². The lowest BCUT2D eigenvalue weighted by Crippen LogP contribution is -2.49. The van der Waals surface area contributed by atoms with Crippen molar-refractivity contribution in [2.75, 3.05) is 44.7 Å². The first kappa shape index (κ1) is 22.0. The first-order valence-corrected chi connectivity index (χ1v) is 10.3. The maximum Gasteiger partial charge on any atom is 0.329 e. The number of hydrogen-bond acceptors (Lipinski definition) is 7. The molecule has 3 heterocycles. The molecule has 0 saturated carbocycles. The molecule has 1 aliphatic heterocycles. The van der Waals surface area contributed by atoms with Gasteiger partial charge in [0, 0.05) is 43.8 Å². The largest absolute Gasteiger partial charge is 0.468 e. The van der Waals surface area contributed by atoms with Crippen molar-refractivity contribution >= 4 is 34.7 Å². The highest BCUT2D eigenvalue weighted by atomic mass is 35.5. The number of hydrogen-bond donors (Lipinski definition) is 1. The third-order valence-corrected chi connectivity index (χ3v) is 5.95. The zero-order valence-corrected chi connectivity index (χ0v) is 18.4. The Balaban J connectivity index is 1.77. The lowest BCUT2D eigenvalue weighted by atomic mass is 10.2. The van der Waals surface area contributed by atoms with Crippen LogP contribution in [-0.4, -0.2) is 69.8 Å². The van der Waals surface area contributed by atoms with Crippen LogP contribution < -0.4 is 16.1 Å². The molecule has 170 valence electrons. The number of ether oxygens (including phenoxy) is 1. The number of carbonyl (C=O) groups is 1. The summed E-state index contributed by atoms with van der Waals surface area (Å²) < 4.78 is 22.1. The quantitative estimate of drug-likeness (QED) is 0.550. The second kappa shape index (κ2) is 8.75. The Morgan fingerprint density at radius 2 is 1.97 bits per heavy atom. The number of benzene rings is 1. The Bertz CT molecular complexity index is 1270. The van der Waals surface area contributed by atoms with E-state index >= 15 is 0 Å². The van der Waals surface area contributed by atoms with Gasteiger partial charge in [-0.25, -0.2) is 9.18 Å². The van der Waals surface area contributed by atoms with E-state index in [1.165, 1.54) is 30.9 Å². The van der Waals surface area contributed by atoms with Crippen LogP contribution in [0.2, 0.25) is 5.02 Å². The van der Waals surface area contributed by atoms with Crippen LogP contribution in [0.1, 0.15) is 5.56 Å². The van der Waals surface area contributed by atoms with E-state index in [-0.39, 0.29) is 40.8 Å². The van der Waals surface area contributed by atoms with E-state index in [4.69, 9.17) is 16.3 Å². The number of fused-ring (bicyclic) bond motifs is 1. The highest BCUT2D eigenvalue weighted by Crippen LogP contribution is 2.26. The van der Waals surface area contributed by atoms with Crippen LogP contribution in [0.25, 0.3) is 11.2 Å². The van der Waals surface area contributed by atoms with E-state index < -0.39 is 17.1 Å². The Morgan fingerprint density at radius 3 is 2.62 bits per heavy atom. The normalized spacial score (nSPS) is 14.8. The van der Waals surface area contributed by atoms with Crippen molar-refractivity contribution in [1.29, 1.82) is 0 Å². The predicted molar refractivity (Wildman–Crippen MR) is 117 cm³/mol. The molecule has 4 rings (SSSR count). The first-order chi connectivity index (χ1) is 15.3. The number of carbonyl (C=O) groups excluding carboxylic acids is 1. The van der Waals surface area contributed by atoms with Crippen LogP contribution in [0.4, 0.5) is 10.3 Å². The van der Waals surface area contributed by atoms with Crippen molar-refractivity contribution in [1.82, 2.24) is 24.0 Å². The number of halogens is 2. The van der Waals surface area contributed by atoms with Crippen molar-refractivity contribution in [2.24, 2.45) is 7.05 Å². The predicted octanol–water partition coefficient (Wildman–Crippen LogP) is 0.559. The summed E-state index contributed by atoms with van der Waals surface area (Å²) in [5.41, 5.74) is -0.645. The molecule has 2 aromatic heterocycles. The summed E-state index contributed by atoms with van der Waals surface area (Å²) in [6, 6.07) is 4.38. The fraction of sp³-hybridized carbons (Fsp3) is 0.400. The van der Waals surface area contributed by atoms with Gasteiger partial charge in [0.1, 0.15) is 5.82 Å². The van der Waals surface area contributed by atoms with Gasteiger partial charge in [0.15, 0.2) is 11.2 Å². The maximum absolute atomic E-state index is 14.5. The molecule has 0 amide bonds. The zero-order valence-electron chi connectivity index (χ0n) is 17.6. The summed E-state index contributed by atoms with van der Waals surface area (Å²) in [5.74, 6) is -0.403. The van der Waals surface area contributed by atoms with Crippen LogP contribution in [0.15, 0.2) is 27.8 Å². The minimum Gasteiger partial charge on any atom is -0.468 e. The number of aryl methyl sites for hydroxylation is 1. The summed E-state index contributed by atoms with van der Waals surface area (Å²) in [6.45, 7) is 2.29. The summed E-state index contributed by atoms with van der Waals surface area (Å²) in [6.07, 6.45) is 0. The minimum absolute atomic E-state index is 0.0407. The van der Waals surface area contributed by atoms with Crippen LogP contribution in [0.3, 0.4) is 0 Å². The molecule has 1 fully saturated rings. The molecule has 3 aromatic rings. The molecule has 0 atom stereocenters. The fourth-order valence-corrected chi connectivity index (χ4v) is 4.03. The second-order valence-electron chi connectivity index (χ2n) is 7.53. The van der Waals surface area contributed by atoms with E-state index in [9.17, 15) is 18.8 Å². The molecule has 1 N–H and O–H groups in total. The molecule has 0 spiro atoms. The van der Waals surface area contributed by atoms with Gasteiger partial charge < -0.3 is 9.64 Å². The molecule has 10 nitrogen and oxygen atoms in total. The number of piperazine rings is 1. The van der Waals surface area contributed by atoms with Crippen molar-refractivity contribution in [3.63, 3.8) is 0 Å². The number of rotatable bonds is 5. The topological polar surface area (TPSA) is 105 Å². The molecule has 0 unspecified atom stereocenters. The monoisotopic (exact) mass is 464 g/mol. The zero-order chi connectivity index (χ0) is 23.0. The van der Waals surface area contributed by atoms with Gasteiger partial charge in [-0.1, -0.05) is 17.7 Å². The molecule has 1 saturated heterocycles. The number of H-pyrrole nitrogens is 1. The van der Waals surface area contributed by atoms with E-state index in [2.05, 4.69) is 9.97 Å². The standard InChI is InChI=1S/C20H22ClFN6O4/c1-25-17-16(18(30)24-20(25)31)28(10-12-13(21)4-3-5-14(12)22)19(23-17)27-8-6-26(7-9-27)11-15(29)32-2/h3-5H,6-11H2,1-2H3,(H,24,30,31). The Hall–Kier alpha value is -3.18. The third-order valence-electron chi connectivity index (χ3n) is 5.60. The smallest absolute Gasteiger partial charge is 0.329 e. The highest BCUT2D eigenvalue weighted by Gasteiger charge is 2.26. The van der Waals surface area contributed by atoms with Crippen LogP contribution in [-0.2, 0) is 23.1 Å². The van der Waals surface area contributed by atoms with Gasteiger partial charge in [0.2, 0.25) is 5.95 Å². The summed E-state index contributed by atoms with van der Waals surface area (Å²) >= 11 is 6.23. The van der Waals surface area contributed by atoms with E-state index in [0.717, 1.165) is 0 Å². The Kier molecular flexibility index (Phi) is 6.02. The number of nitrogens with zero attached hydrogens (tertiary/aromatic N) is 5. The number of aromatic nitrogens is 4. The number of imidazole rings is 1. The average Bonchev–Trinajstić information content (AvgIpc) is 3.15. The van der Waals surface area contributed by atoms with E-state index in [0.29, 0.717) is 32.1 Å². The molecule has 0 bridgehead atoms. The second-order valence-corrected chi connectivity index (χ2v) is 7.94. The summed E-state index contributed by atoms with van der Waals surface area (Å²) in [5, 5.41) is 0.224. The third kappa shape index (κ3) is 4.00. The Morgan fingerprint density at radius 1 is 1.25 bits per heavy atom. The molecule has 1 aliphatic rings.